The fourth-order valence-corrected chi connectivity index (χ4v) is 1.25. The largest absolute Gasteiger partial charge is 0.208 e. The van der Waals surface area contributed by atoms with Gasteiger partial charge in [0.2, 0.25) is 0 Å². The van der Waals surface area contributed by atoms with Crippen LogP contribution in [-0.4, -0.2) is 0 Å². The molecule has 1 nitrogen and oxygen atoms in total. The number of aromatic nitrogens is 1. The van der Waals surface area contributed by atoms with Crippen molar-refractivity contribution in [3.8, 4) is 11.8 Å². The Morgan fingerprint density at radius 3 is 1.93 bits per heavy atom. The van der Waals surface area contributed by atoms with Crippen LogP contribution >= 0.6 is 0 Å². The van der Waals surface area contributed by atoms with Gasteiger partial charge >= 0.3 is 0 Å². The second kappa shape index (κ2) is 4.43. The zero-order valence-corrected chi connectivity index (χ0v) is 8.64. The zero-order valence-electron chi connectivity index (χ0n) is 8.64. The van der Waals surface area contributed by atoms with Gasteiger partial charge in [-0.1, -0.05) is 30.0 Å². The van der Waals surface area contributed by atoms with E-state index in [0.29, 0.717) is 0 Å². The minimum atomic E-state index is 1.04. The van der Waals surface area contributed by atoms with Crippen molar-refractivity contribution in [2.75, 3.05) is 0 Å². The molecule has 1 aromatic heterocycles. The minimum Gasteiger partial charge on any atom is -0.208 e. The third-order valence-electron chi connectivity index (χ3n) is 2.10. The highest BCUT2D eigenvalue weighted by Crippen LogP contribution is 1.97. The van der Waals surface area contributed by atoms with Gasteiger partial charge in [-0.25, -0.2) is 4.57 Å². The standard InChI is InChI=1S/C14H12N/c1-15-11-9-14(10-12-15)8-7-13-5-3-2-4-6-13/h2-6,9-12H,1H3/q+1. The summed E-state index contributed by atoms with van der Waals surface area (Å²) in [6.45, 7) is 0. The highest BCUT2D eigenvalue weighted by molar-refractivity contribution is 5.41. The Kier molecular flexibility index (Phi) is 2.80. The molecule has 0 aliphatic rings. The molecule has 0 fully saturated rings. The van der Waals surface area contributed by atoms with Crippen LogP contribution < -0.4 is 4.57 Å². The summed E-state index contributed by atoms with van der Waals surface area (Å²) in [6, 6.07) is 14.0. The van der Waals surface area contributed by atoms with E-state index in [1.807, 2.05) is 66.5 Å². The third kappa shape index (κ3) is 2.69. The van der Waals surface area contributed by atoms with Crippen LogP contribution in [0.25, 0.3) is 0 Å². The van der Waals surface area contributed by atoms with Crippen LogP contribution in [0.5, 0.6) is 0 Å². The first kappa shape index (κ1) is 9.48. The lowest BCUT2D eigenvalue weighted by Gasteiger charge is -1.88. The van der Waals surface area contributed by atoms with Gasteiger partial charge in [0.1, 0.15) is 7.05 Å². The Labute approximate surface area is 90.0 Å². The number of pyridine rings is 1. The second-order valence-electron chi connectivity index (χ2n) is 3.37. The summed E-state index contributed by atoms with van der Waals surface area (Å²) in [4.78, 5) is 0. The molecule has 0 aliphatic heterocycles. The summed E-state index contributed by atoms with van der Waals surface area (Å²) < 4.78 is 1.99. The van der Waals surface area contributed by atoms with Gasteiger partial charge in [-0.3, -0.25) is 0 Å². The van der Waals surface area contributed by atoms with Crippen LogP contribution in [0, 0.1) is 11.8 Å². The Balaban J connectivity index is 2.22. The Bertz CT molecular complexity index is 486. The van der Waals surface area contributed by atoms with Gasteiger partial charge < -0.3 is 0 Å². The highest BCUT2D eigenvalue weighted by Gasteiger charge is 1.90. The molecular formula is C14H12N+. The molecule has 0 atom stereocenters. The quantitative estimate of drug-likeness (QED) is 0.445. The molecule has 0 radical (unpaired) electrons. The lowest BCUT2D eigenvalue weighted by atomic mass is 10.2. The first-order chi connectivity index (χ1) is 7.34. The summed E-state index contributed by atoms with van der Waals surface area (Å²) in [5.74, 6) is 6.25. The van der Waals surface area contributed by atoms with Gasteiger partial charge in [0.05, 0.1) is 0 Å². The number of aryl methyl sites for hydroxylation is 1. The van der Waals surface area contributed by atoms with Crippen LogP contribution in [-0.2, 0) is 7.05 Å². The SMILES string of the molecule is C[n+]1ccc(C#Cc2ccccc2)cc1. The Morgan fingerprint density at radius 1 is 0.800 bits per heavy atom. The number of rotatable bonds is 0. The molecule has 1 heterocycles. The molecule has 2 aromatic rings. The number of hydrogen-bond acceptors (Lipinski definition) is 0. The van der Waals surface area contributed by atoms with E-state index in [9.17, 15) is 0 Å². The predicted octanol–water partition coefficient (Wildman–Crippen LogP) is 1.91. The van der Waals surface area contributed by atoms with Crippen molar-refractivity contribution in [3.05, 3.63) is 66.0 Å². The summed E-state index contributed by atoms with van der Waals surface area (Å²) in [5, 5.41) is 0. The fraction of sp³-hybridized carbons (Fsp3) is 0.0714. The van der Waals surface area contributed by atoms with Crippen molar-refractivity contribution in [1.82, 2.24) is 0 Å². The average Bonchev–Trinajstić information content (AvgIpc) is 2.30. The molecule has 0 N–H and O–H groups in total. The number of nitrogens with zero attached hydrogens (tertiary/aromatic N) is 1. The van der Waals surface area contributed by atoms with Gasteiger partial charge in [-0.2, -0.15) is 0 Å². The van der Waals surface area contributed by atoms with Crippen molar-refractivity contribution >= 4 is 0 Å². The Hall–Kier alpha value is -2.07. The number of benzene rings is 1. The van der Waals surface area contributed by atoms with Gasteiger partial charge in [0.25, 0.3) is 0 Å². The average molecular weight is 194 g/mol. The maximum absolute atomic E-state index is 3.12. The minimum absolute atomic E-state index is 1.04. The molecule has 15 heavy (non-hydrogen) atoms. The normalized spacial score (nSPS) is 9.13. The van der Waals surface area contributed by atoms with Crippen LogP contribution in [0.15, 0.2) is 54.9 Å². The molecular weight excluding hydrogens is 182 g/mol. The molecule has 0 unspecified atom stereocenters. The monoisotopic (exact) mass is 194 g/mol. The van der Waals surface area contributed by atoms with Crippen molar-refractivity contribution in [1.29, 1.82) is 0 Å². The van der Waals surface area contributed by atoms with Crippen molar-refractivity contribution in [2.45, 2.75) is 0 Å². The second-order valence-corrected chi connectivity index (χ2v) is 3.37. The zero-order chi connectivity index (χ0) is 10.5. The van der Waals surface area contributed by atoms with Crippen molar-refractivity contribution in [3.63, 3.8) is 0 Å². The van der Waals surface area contributed by atoms with Gasteiger partial charge in [0.15, 0.2) is 12.4 Å². The maximum Gasteiger partial charge on any atom is 0.169 e. The van der Waals surface area contributed by atoms with Crippen LogP contribution in [0.1, 0.15) is 11.1 Å². The topological polar surface area (TPSA) is 3.88 Å². The lowest BCUT2D eigenvalue weighted by molar-refractivity contribution is -0.671. The van der Waals surface area contributed by atoms with E-state index in [2.05, 4.69) is 11.8 Å². The van der Waals surface area contributed by atoms with Gasteiger partial charge in [0, 0.05) is 23.3 Å². The highest BCUT2D eigenvalue weighted by atomic mass is 14.9. The maximum atomic E-state index is 3.12. The fourth-order valence-electron chi connectivity index (χ4n) is 1.25. The molecule has 0 aliphatic carbocycles. The number of hydrogen-bond donors (Lipinski definition) is 0. The van der Waals surface area contributed by atoms with Gasteiger partial charge in [-0.15, -0.1) is 0 Å². The van der Waals surface area contributed by atoms with E-state index < -0.39 is 0 Å². The molecule has 1 aromatic carbocycles. The van der Waals surface area contributed by atoms with E-state index in [0.717, 1.165) is 11.1 Å². The molecule has 0 saturated carbocycles. The van der Waals surface area contributed by atoms with E-state index in [1.165, 1.54) is 0 Å². The molecule has 0 spiro atoms. The van der Waals surface area contributed by atoms with E-state index >= 15 is 0 Å². The lowest BCUT2D eigenvalue weighted by Crippen LogP contribution is -2.25. The van der Waals surface area contributed by atoms with Crippen molar-refractivity contribution < 1.29 is 4.57 Å². The molecule has 0 saturated heterocycles. The van der Waals surface area contributed by atoms with Crippen LogP contribution in [0.3, 0.4) is 0 Å². The molecule has 72 valence electrons. The molecule has 0 amide bonds. The first-order valence-corrected chi connectivity index (χ1v) is 4.87. The summed E-state index contributed by atoms with van der Waals surface area (Å²) in [6.07, 6.45) is 3.99. The first-order valence-electron chi connectivity index (χ1n) is 4.87. The van der Waals surface area contributed by atoms with Crippen LogP contribution in [0.4, 0.5) is 0 Å². The van der Waals surface area contributed by atoms with E-state index in [1.54, 1.807) is 0 Å². The molecule has 2 rings (SSSR count). The van der Waals surface area contributed by atoms with Crippen LogP contribution in [0.2, 0.25) is 0 Å². The Morgan fingerprint density at radius 2 is 1.33 bits per heavy atom. The summed E-state index contributed by atoms with van der Waals surface area (Å²) in [7, 11) is 1.99. The summed E-state index contributed by atoms with van der Waals surface area (Å²) in [5.41, 5.74) is 2.09. The predicted molar refractivity (Wildman–Crippen MR) is 60.0 cm³/mol. The molecule has 1 heteroatoms. The third-order valence-corrected chi connectivity index (χ3v) is 2.10. The van der Waals surface area contributed by atoms with E-state index in [4.69, 9.17) is 0 Å². The molecule has 0 bridgehead atoms. The van der Waals surface area contributed by atoms with Crippen molar-refractivity contribution in [2.24, 2.45) is 7.05 Å². The summed E-state index contributed by atoms with van der Waals surface area (Å²) >= 11 is 0. The smallest absolute Gasteiger partial charge is 0.169 e. The van der Waals surface area contributed by atoms with E-state index in [-0.39, 0.29) is 0 Å². The van der Waals surface area contributed by atoms with Gasteiger partial charge in [-0.05, 0) is 12.1 Å².